The predicted octanol–water partition coefficient (Wildman–Crippen LogP) is 1.09. The number of rotatable bonds is 5. The van der Waals surface area contributed by atoms with Gasteiger partial charge in [-0.25, -0.2) is 12.7 Å². The van der Waals surface area contributed by atoms with E-state index in [4.69, 9.17) is 5.73 Å². The van der Waals surface area contributed by atoms with E-state index in [1.54, 1.807) is 12.1 Å². The third-order valence-electron chi connectivity index (χ3n) is 3.90. The van der Waals surface area contributed by atoms with Crippen LogP contribution in [0.1, 0.15) is 19.3 Å². The quantitative estimate of drug-likeness (QED) is 0.707. The maximum absolute atomic E-state index is 12.0. The molecule has 6 nitrogen and oxygen atoms in total. The molecule has 0 aromatic heterocycles. The van der Waals surface area contributed by atoms with Gasteiger partial charge in [0.15, 0.2) is 0 Å². The van der Waals surface area contributed by atoms with Crippen LogP contribution < -0.4 is 11.1 Å². The van der Waals surface area contributed by atoms with Crippen molar-refractivity contribution in [3.05, 3.63) is 18.2 Å². The van der Waals surface area contributed by atoms with E-state index in [-0.39, 0.29) is 11.0 Å². The molecule has 2 atom stereocenters. The largest absolute Gasteiger partial charge is 0.397 e. The van der Waals surface area contributed by atoms with Gasteiger partial charge in [0, 0.05) is 20.6 Å². The highest BCUT2D eigenvalue weighted by Crippen LogP contribution is 2.28. The van der Waals surface area contributed by atoms with E-state index in [0.29, 0.717) is 11.6 Å². The Kier molecular flexibility index (Phi) is 4.75. The Morgan fingerprint density at radius 2 is 2.10 bits per heavy atom. The number of nitrogens with one attached hydrogen (secondary N) is 1. The minimum Gasteiger partial charge on any atom is -0.397 e. The van der Waals surface area contributed by atoms with Crippen LogP contribution in [0.15, 0.2) is 23.1 Å². The Hall–Kier alpha value is -1.31. The molecule has 1 saturated carbocycles. The first-order chi connectivity index (χ1) is 9.80. The Labute approximate surface area is 126 Å². The molecule has 1 aromatic carbocycles. The molecule has 21 heavy (non-hydrogen) atoms. The Balaban J connectivity index is 2.06. The molecule has 1 aliphatic carbocycles. The van der Waals surface area contributed by atoms with Gasteiger partial charge in [0.05, 0.1) is 22.4 Å². The summed E-state index contributed by atoms with van der Waals surface area (Å²) in [5.41, 5.74) is 7.08. The molecule has 2 unspecified atom stereocenters. The zero-order chi connectivity index (χ0) is 15.6. The summed E-state index contributed by atoms with van der Waals surface area (Å²) in [5.74, 6) is 0.435. The molecule has 0 radical (unpaired) electrons. The van der Waals surface area contributed by atoms with Crippen LogP contribution in [-0.2, 0) is 10.0 Å². The van der Waals surface area contributed by atoms with Crippen molar-refractivity contribution < 1.29 is 13.5 Å². The van der Waals surface area contributed by atoms with Gasteiger partial charge in [-0.15, -0.1) is 0 Å². The highest BCUT2D eigenvalue weighted by atomic mass is 32.2. The van der Waals surface area contributed by atoms with E-state index < -0.39 is 10.0 Å². The molecule has 0 bridgehead atoms. The standard InChI is InChI=1S/C14H23N3O3S/c1-17(2)21(19,20)12-5-6-14(13(15)8-12)16-9-10-3-4-11(18)7-10/h5-6,8,10-11,16,18H,3-4,7,9,15H2,1-2H3. The Morgan fingerprint density at radius 1 is 1.38 bits per heavy atom. The van der Waals surface area contributed by atoms with E-state index >= 15 is 0 Å². The summed E-state index contributed by atoms with van der Waals surface area (Å²) in [6, 6.07) is 4.72. The van der Waals surface area contributed by atoms with Crippen molar-refractivity contribution in [2.24, 2.45) is 5.92 Å². The normalized spacial score (nSPS) is 22.7. The van der Waals surface area contributed by atoms with Crippen LogP contribution in [0.5, 0.6) is 0 Å². The number of nitrogens with two attached hydrogens (primary N) is 1. The number of sulfonamides is 1. The summed E-state index contributed by atoms with van der Waals surface area (Å²) < 4.78 is 25.2. The first kappa shape index (κ1) is 16.1. The number of hydrogen-bond acceptors (Lipinski definition) is 5. The Morgan fingerprint density at radius 3 is 2.62 bits per heavy atom. The number of nitrogens with zero attached hydrogens (tertiary/aromatic N) is 1. The number of aliphatic hydroxyl groups is 1. The SMILES string of the molecule is CN(C)S(=O)(=O)c1ccc(NCC2CCC(O)C2)c(N)c1. The molecule has 7 heteroatoms. The second-order valence-electron chi connectivity index (χ2n) is 5.75. The minimum atomic E-state index is -3.46. The number of anilines is 2. The molecule has 0 heterocycles. The molecule has 0 aliphatic heterocycles. The molecule has 1 aromatic rings. The van der Waals surface area contributed by atoms with Crippen LogP contribution in [0.3, 0.4) is 0 Å². The van der Waals surface area contributed by atoms with Crippen molar-refractivity contribution >= 4 is 21.4 Å². The van der Waals surface area contributed by atoms with Crippen LogP contribution >= 0.6 is 0 Å². The van der Waals surface area contributed by atoms with Gasteiger partial charge in [0.2, 0.25) is 10.0 Å². The third kappa shape index (κ3) is 3.66. The minimum absolute atomic E-state index is 0.187. The van der Waals surface area contributed by atoms with Crippen molar-refractivity contribution in [3.8, 4) is 0 Å². The van der Waals surface area contributed by atoms with Crippen LogP contribution in [0.4, 0.5) is 11.4 Å². The summed E-state index contributed by atoms with van der Waals surface area (Å²) in [7, 11) is -0.483. The third-order valence-corrected chi connectivity index (χ3v) is 5.71. The first-order valence-corrected chi connectivity index (χ1v) is 8.48. The van der Waals surface area contributed by atoms with Crippen molar-refractivity contribution in [1.82, 2.24) is 4.31 Å². The monoisotopic (exact) mass is 313 g/mol. The number of nitrogen functional groups attached to an aromatic ring is 1. The van der Waals surface area contributed by atoms with E-state index in [2.05, 4.69) is 5.32 Å². The van der Waals surface area contributed by atoms with Gasteiger partial charge in [-0.2, -0.15) is 0 Å². The summed E-state index contributed by atoms with van der Waals surface area (Å²) in [4.78, 5) is 0.187. The van der Waals surface area contributed by atoms with Crippen molar-refractivity contribution in [1.29, 1.82) is 0 Å². The molecule has 4 N–H and O–H groups in total. The number of aliphatic hydroxyl groups excluding tert-OH is 1. The lowest BCUT2D eigenvalue weighted by atomic mass is 10.1. The average Bonchev–Trinajstić information content (AvgIpc) is 2.82. The van der Waals surface area contributed by atoms with Crippen LogP contribution in [0, 0.1) is 5.92 Å². The van der Waals surface area contributed by atoms with Gasteiger partial charge in [0.1, 0.15) is 0 Å². The molecule has 0 spiro atoms. The van der Waals surface area contributed by atoms with Crippen molar-refractivity contribution in [3.63, 3.8) is 0 Å². The zero-order valence-corrected chi connectivity index (χ0v) is 13.2. The van der Waals surface area contributed by atoms with E-state index in [1.807, 2.05) is 0 Å². The van der Waals surface area contributed by atoms with Crippen LogP contribution in [0.25, 0.3) is 0 Å². The number of benzene rings is 1. The molecule has 2 rings (SSSR count). The zero-order valence-electron chi connectivity index (χ0n) is 12.4. The molecule has 118 valence electrons. The first-order valence-electron chi connectivity index (χ1n) is 7.04. The maximum Gasteiger partial charge on any atom is 0.242 e. The highest BCUT2D eigenvalue weighted by molar-refractivity contribution is 7.89. The van der Waals surface area contributed by atoms with Crippen LogP contribution in [-0.4, -0.2) is 44.6 Å². The van der Waals surface area contributed by atoms with Gasteiger partial charge in [-0.05, 0) is 43.4 Å². The van der Waals surface area contributed by atoms with Crippen molar-refractivity contribution in [2.75, 3.05) is 31.7 Å². The fourth-order valence-corrected chi connectivity index (χ4v) is 3.50. The summed E-state index contributed by atoms with van der Waals surface area (Å²) in [6.45, 7) is 0.737. The van der Waals surface area contributed by atoms with Crippen LogP contribution in [0.2, 0.25) is 0 Å². The van der Waals surface area contributed by atoms with E-state index in [1.165, 1.54) is 20.2 Å². The molecule has 0 saturated heterocycles. The van der Waals surface area contributed by atoms with Gasteiger partial charge in [-0.3, -0.25) is 0 Å². The lowest BCUT2D eigenvalue weighted by Gasteiger charge is -2.16. The Bertz CT molecular complexity index is 601. The summed E-state index contributed by atoms with van der Waals surface area (Å²) >= 11 is 0. The maximum atomic E-state index is 12.0. The smallest absolute Gasteiger partial charge is 0.242 e. The molecule has 1 aliphatic rings. The molecular weight excluding hydrogens is 290 g/mol. The lowest BCUT2D eigenvalue weighted by molar-refractivity contribution is 0.178. The highest BCUT2D eigenvalue weighted by Gasteiger charge is 2.23. The fourth-order valence-electron chi connectivity index (χ4n) is 2.56. The molecular formula is C14H23N3O3S. The number of hydrogen-bond donors (Lipinski definition) is 3. The average molecular weight is 313 g/mol. The van der Waals surface area contributed by atoms with E-state index in [9.17, 15) is 13.5 Å². The molecule has 1 fully saturated rings. The van der Waals surface area contributed by atoms with Gasteiger partial charge < -0.3 is 16.2 Å². The van der Waals surface area contributed by atoms with Gasteiger partial charge in [-0.1, -0.05) is 0 Å². The lowest BCUT2D eigenvalue weighted by Crippen LogP contribution is -2.22. The topological polar surface area (TPSA) is 95.7 Å². The van der Waals surface area contributed by atoms with Crippen molar-refractivity contribution in [2.45, 2.75) is 30.3 Å². The second kappa shape index (κ2) is 6.21. The van der Waals surface area contributed by atoms with Gasteiger partial charge >= 0.3 is 0 Å². The second-order valence-corrected chi connectivity index (χ2v) is 7.90. The molecule has 0 amide bonds. The van der Waals surface area contributed by atoms with E-state index in [0.717, 1.165) is 35.8 Å². The fraction of sp³-hybridized carbons (Fsp3) is 0.571. The predicted molar refractivity (Wildman–Crippen MR) is 83.6 cm³/mol. The van der Waals surface area contributed by atoms with Gasteiger partial charge in [0.25, 0.3) is 0 Å². The summed E-state index contributed by atoms with van der Waals surface area (Å²) in [6.07, 6.45) is 2.46. The summed E-state index contributed by atoms with van der Waals surface area (Å²) in [5, 5.41) is 12.7.